The minimum Gasteiger partial charge on any atom is -0.363 e. The number of nitrogens with zero attached hydrogens (tertiary/aromatic N) is 2. The van der Waals surface area contributed by atoms with Crippen LogP contribution in [0.1, 0.15) is 107 Å². The van der Waals surface area contributed by atoms with E-state index in [9.17, 15) is 33.6 Å². The molecule has 2 heterocycles. The molecule has 13 nitrogen and oxygen atoms in total. The molecule has 0 radical (unpaired) electrons. The number of amides is 7. The van der Waals surface area contributed by atoms with Crippen molar-refractivity contribution >= 4 is 41.4 Å². The van der Waals surface area contributed by atoms with E-state index in [4.69, 9.17) is 5.73 Å². The number of carbonyl (C=O) groups excluding carboxylic acids is 7. The first-order valence-electron chi connectivity index (χ1n) is 16.5. The van der Waals surface area contributed by atoms with Crippen molar-refractivity contribution in [2.45, 2.75) is 131 Å². The Morgan fingerprint density at radius 1 is 0.913 bits per heavy atom. The molecule has 5 atom stereocenters. The normalized spacial score (nSPS) is 21.1. The molecule has 0 spiro atoms. The van der Waals surface area contributed by atoms with E-state index in [1.807, 2.05) is 41.5 Å². The maximum Gasteiger partial charge on any atom is 0.315 e. The number of rotatable bonds is 13. The summed E-state index contributed by atoms with van der Waals surface area (Å²) in [6.07, 6.45) is 2.98. The highest BCUT2D eigenvalue weighted by Crippen LogP contribution is 2.32. The van der Waals surface area contributed by atoms with E-state index in [-0.39, 0.29) is 56.0 Å². The van der Waals surface area contributed by atoms with E-state index in [2.05, 4.69) is 16.0 Å². The number of imide groups is 1. The van der Waals surface area contributed by atoms with Gasteiger partial charge in [-0.1, -0.05) is 75.2 Å². The average molecular weight is 649 g/mol. The number of primary amides is 1. The third-order valence-electron chi connectivity index (χ3n) is 9.07. The molecule has 0 aromatic heterocycles. The van der Waals surface area contributed by atoms with Crippen LogP contribution in [0.4, 0.5) is 4.79 Å². The van der Waals surface area contributed by atoms with Gasteiger partial charge in [-0.15, -0.1) is 0 Å². The van der Waals surface area contributed by atoms with Crippen LogP contribution in [-0.2, 0) is 28.8 Å². The van der Waals surface area contributed by atoms with Gasteiger partial charge in [-0.3, -0.25) is 33.7 Å². The Labute approximate surface area is 273 Å². The smallest absolute Gasteiger partial charge is 0.315 e. The number of hydrogen-bond acceptors (Lipinski definition) is 7. The first-order chi connectivity index (χ1) is 21.2. The minimum atomic E-state index is -1.13. The van der Waals surface area contributed by atoms with E-state index >= 15 is 0 Å². The molecule has 1 unspecified atom stereocenters. The highest BCUT2D eigenvalue weighted by molar-refractivity contribution is 6.37. The number of likely N-dealkylation sites (tertiary alicyclic amines) is 2. The number of Topliss-reactive ketones (excluding diaryl/α,β-unsaturated/α-hetero) is 1. The molecule has 5 N–H and O–H groups in total. The Morgan fingerprint density at radius 2 is 1.50 bits per heavy atom. The lowest BCUT2D eigenvalue weighted by molar-refractivity contribution is -0.148. The van der Waals surface area contributed by atoms with Crippen LogP contribution in [0.2, 0.25) is 0 Å². The average Bonchev–Trinajstić information content (AvgIpc) is 3.39. The molecule has 0 saturated carbocycles. The van der Waals surface area contributed by atoms with Gasteiger partial charge in [0.2, 0.25) is 29.4 Å². The summed E-state index contributed by atoms with van der Waals surface area (Å²) in [7, 11) is 0. The fourth-order valence-corrected chi connectivity index (χ4v) is 5.83. The molecular weight excluding hydrogens is 592 g/mol. The molecule has 2 rings (SSSR count). The van der Waals surface area contributed by atoms with E-state index in [1.165, 1.54) is 9.80 Å². The highest BCUT2D eigenvalue weighted by Gasteiger charge is 2.46. The summed E-state index contributed by atoms with van der Waals surface area (Å²) in [5.41, 5.74) is 3.95. The summed E-state index contributed by atoms with van der Waals surface area (Å²) >= 11 is 0. The largest absolute Gasteiger partial charge is 0.363 e. The van der Waals surface area contributed by atoms with Crippen molar-refractivity contribution < 1.29 is 33.6 Å². The summed E-state index contributed by atoms with van der Waals surface area (Å²) in [6, 6.07) is -4.30. The summed E-state index contributed by atoms with van der Waals surface area (Å²) in [5, 5.41) is 8.40. The Balaban J connectivity index is 2.32. The van der Waals surface area contributed by atoms with E-state index < -0.39 is 64.5 Å². The predicted octanol–water partition coefficient (Wildman–Crippen LogP) is 2.26. The monoisotopic (exact) mass is 648 g/mol. The lowest BCUT2D eigenvalue weighted by Gasteiger charge is -2.38. The quantitative estimate of drug-likeness (QED) is 0.174. The van der Waals surface area contributed by atoms with Crippen LogP contribution in [0.25, 0.3) is 0 Å². The maximum absolute atomic E-state index is 14.3. The van der Waals surface area contributed by atoms with Gasteiger partial charge in [0.1, 0.15) is 12.1 Å². The molecule has 2 aliphatic rings. The summed E-state index contributed by atoms with van der Waals surface area (Å²) in [4.78, 5) is 93.3. The van der Waals surface area contributed by atoms with Crippen LogP contribution in [0.5, 0.6) is 0 Å². The van der Waals surface area contributed by atoms with Gasteiger partial charge in [0.25, 0.3) is 5.91 Å². The Morgan fingerprint density at radius 3 is 1.98 bits per heavy atom. The van der Waals surface area contributed by atoms with Crippen molar-refractivity contribution in [1.29, 1.82) is 0 Å². The fourth-order valence-electron chi connectivity index (χ4n) is 5.83. The molecule has 0 bridgehead atoms. The van der Waals surface area contributed by atoms with Crippen molar-refractivity contribution in [2.75, 3.05) is 13.1 Å². The number of urea groups is 1. The molecule has 2 saturated heterocycles. The van der Waals surface area contributed by atoms with Gasteiger partial charge in [-0.25, -0.2) is 4.79 Å². The third-order valence-corrected chi connectivity index (χ3v) is 9.07. The van der Waals surface area contributed by atoms with Crippen LogP contribution in [-0.4, -0.2) is 88.4 Å². The molecule has 0 aromatic rings. The number of unbranched alkanes of at least 4 members (excludes halogenated alkanes) is 1. The Kier molecular flexibility index (Phi) is 13.3. The first kappa shape index (κ1) is 38.7. The maximum atomic E-state index is 14.3. The lowest BCUT2D eigenvalue weighted by Crippen LogP contribution is -2.62. The van der Waals surface area contributed by atoms with E-state index in [1.54, 1.807) is 20.8 Å². The van der Waals surface area contributed by atoms with Crippen LogP contribution in [0.3, 0.4) is 0 Å². The number of hydrogen-bond donors (Lipinski definition) is 4. The zero-order chi connectivity index (χ0) is 35.1. The zero-order valence-corrected chi connectivity index (χ0v) is 29.2. The van der Waals surface area contributed by atoms with Crippen molar-refractivity contribution in [3.63, 3.8) is 0 Å². The standard InChI is InChI=1S/C33H56N6O7/c1-10-11-13-21(26(42)28(34)43)35-29(44)22-16-20(19(2)3)17-38(22)30(45)27(33(7,8)9)37-31(46)36-23(32(4,5)6)18-39-24(40)14-12-15-25(39)41/h19-23,27H,10-18H2,1-9H3,(H2,34,43)(H,35,44)(H2,36,37,46)/t20-,21?,22+,23-,27-/m1/s1. The first-order valence-corrected chi connectivity index (χ1v) is 16.5. The summed E-state index contributed by atoms with van der Waals surface area (Å²) < 4.78 is 0. The van der Waals surface area contributed by atoms with Crippen LogP contribution in [0.15, 0.2) is 0 Å². The van der Waals surface area contributed by atoms with Gasteiger partial charge in [0.15, 0.2) is 0 Å². The summed E-state index contributed by atoms with van der Waals surface area (Å²) in [5.74, 6) is -3.44. The van der Waals surface area contributed by atoms with Gasteiger partial charge < -0.3 is 26.6 Å². The van der Waals surface area contributed by atoms with Crippen molar-refractivity contribution in [3.8, 4) is 0 Å². The zero-order valence-electron chi connectivity index (χ0n) is 29.2. The van der Waals surface area contributed by atoms with E-state index in [0.717, 1.165) is 6.42 Å². The van der Waals surface area contributed by atoms with Crippen LogP contribution >= 0.6 is 0 Å². The molecule has 2 aliphatic heterocycles. The van der Waals surface area contributed by atoms with Crippen molar-refractivity contribution in [1.82, 2.24) is 25.8 Å². The topological polar surface area (TPSA) is 188 Å². The Hall–Kier alpha value is -3.51. The molecule has 46 heavy (non-hydrogen) atoms. The summed E-state index contributed by atoms with van der Waals surface area (Å²) in [6.45, 7) is 17.3. The minimum absolute atomic E-state index is 0.0103. The second kappa shape index (κ2) is 15.9. The van der Waals surface area contributed by atoms with Crippen LogP contribution in [0, 0.1) is 22.7 Å². The van der Waals surface area contributed by atoms with Gasteiger partial charge in [0, 0.05) is 25.9 Å². The second-order valence-corrected chi connectivity index (χ2v) is 15.3. The Bertz CT molecular complexity index is 1160. The molecule has 0 aromatic carbocycles. The highest BCUT2D eigenvalue weighted by atomic mass is 16.2. The van der Waals surface area contributed by atoms with E-state index in [0.29, 0.717) is 19.3 Å². The molecule has 260 valence electrons. The molecule has 13 heteroatoms. The van der Waals surface area contributed by atoms with Gasteiger partial charge in [-0.2, -0.15) is 0 Å². The van der Waals surface area contributed by atoms with Crippen molar-refractivity contribution in [3.05, 3.63) is 0 Å². The predicted molar refractivity (Wildman–Crippen MR) is 173 cm³/mol. The van der Waals surface area contributed by atoms with Crippen LogP contribution < -0.4 is 21.7 Å². The van der Waals surface area contributed by atoms with Gasteiger partial charge in [-0.05, 0) is 41.9 Å². The second-order valence-electron chi connectivity index (χ2n) is 15.3. The van der Waals surface area contributed by atoms with Gasteiger partial charge >= 0.3 is 6.03 Å². The van der Waals surface area contributed by atoms with Gasteiger partial charge in [0.05, 0.1) is 12.1 Å². The fraction of sp³-hybridized carbons (Fsp3) is 0.788. The third kappa shape index (κ3) is 10.2. The number of nitrogens with one attached hydrogen (secondary N) is 3. The number of piperidine rings is 1. The molecule has 7 amide bonds. The number of ketones is 1. The lowest BCUT2D eigenvalue weighted by atomic mass is 9.85. The number of nitrogens with two attached hydrogens (primary N) is 1. The number of carbonyl (C=O) groups is 7. The molecule has 0 aliphatic carbocycles. The molecular formula is C33H56N6O7. The van der Waals surface area contributed by atoms with Crippen molar-refractivity contribution in [2.24, 2.45) is 28.4 Å². The molecule has 2 fully saturated rings. The SMILES string of the molecule is CCCCC(NC(=O)[C@@H]1C[C@@H](C(C)C)CN1C(=O)[C@@H](NC(=O)N[C@H](CN1C(=O)CCCC1=O)C(C)(C)C)C(C)(C)C)C(=O)C(N)=O.